The second-order valence-electron chi connectivity index (χ2n) is 10.3. The summed E-state index contributed by atoms with van der Waals surface area (Å²) in [6, 6.07) is 24.9. The zero-order chi connectivity index (χ0) is 27.4. The Hall–Kier alpha value is -4.13. The van der Waals surface area contributed by atoms with E-state index in [0.29, 0.717) is 31.4 Å². The van der Waals surface area contributed by atoms with Gasteiger partial charge in [0.1, 0.15) is 5.75 Å². The molecular weight excluding hydrogens is 490 g/mol. The summed E-state index contributed by atoms with van der Waals surface area (Å²) in [6.07, 6.45) is 1.60. The van der Waals surface area contributed by atoms with E-state index in [1.807, 2.05) is 83.4 Å². The van der Waals surface area contributed by atoms with Crippen molar-refractivity contribution in [1.82, 2.24) is 9.55 Å². The molecular formula is C32H35N3O4. The molecule has 2 heterocycles. The zero-order valence-electron chi connectivity index (χ0n) is 22.7. The van der Waals surface area contributed by atoms with Gasteiger partial charge in [-0.2, -0.15) is 0 Å². The van der Waals surface area contributed by atoms with E-state index in [2.05, 4.69) is 13.8 Å². The van der Waals surface area contributed by atoms with Gasteiger partial charge < -0.3 is 14.0 Å². The van der Waals surface area contributed by atoms with E-state index in [0.717, 1.165) is 34.3 Å². The molecule has 4 aromatic rings. The number of fused-ring (bicyclic) bond motifs is 3. The van der Waals surface area contributed by atoms with Crippen molar-refractivity contribution in [2.75, 3.05) is 24.7 Å². The largest absolute Gasteiger partial charge is 0.494 e. The van der Waals surface area contributed by atoms with E-state index < -0.39 is 17.9 Å². The van der Waals surface area contributed by atoms with Crippen molar-refractivity contribution in [3.05, 3.63) is 90.0 Å². The van der Waals surface area contributed by atoms with Gasteiger partial charge in [0, 0.05) is 6.54 Å². The van der Waals surface area contributed by atoms with Crippen molar-refractivity contribution in [2.45, 2.75) is 39.7 Å². The monoisotopic (exact) mass is 525 g/mol. The summed E-state index contributed by atoms with van der Waals surface area (Å²) in [7, 11) is 0. The van der Waals surface area contributed by atoms with Gasteiger partial charge in [0.05, 0.1) is 30.3 Å². The van der Waals surface area contributed by atoms with Crippen LogP contribution >= 0.6 is 0 Å². The molecule has 0 bridgehead atoms. The van der Waals surface area contributed by atoms with Crippen LogP contribution in [0.3, 0.4) is 0 Å². The molecule has 5 rings (SSSR count). The summed E-state index contributed by atoms with van der Waals surface area (Å²) in [5.41, 5.74) is 3.56. The Morgan fingerprint density at radius 1 is 0.974 bits per heavy atom. The summed E-state index contributed by atoms with van der Waals surface area (Å²) < 4.78 is 13.4. The zero-order valence-corrected chi connectivity index (χ0v) is 22.7. The van der Waals surface area contributed by atoms with Crippen LogP contribution in [0.4, 0.5) is 5.95 Å². The number of anilines is 1. The van der Waals surface area contributed by atoms with E-state index in [-0.39, 0.29) is 12.5 Å². The number of ether oxygens (including phenoxy) is 2. The van der Waals surface area contributed by atoms with Crippen LogP contribution in [0, 0.1) is 11.8 Å². The predicted molar refractivity (Wildman–Crippen MR) is 152 cm³/mol. The first-order valence-electron chi connectivity index (χ1n) is 13.7. The van der Waals surface area contributed by atoms with E-state index in [4.69, 9.17) is 14.5 Å². The number of nitrogens with zero attached hydrogens (tertiary/aromatic N) is 3. The number of carbonyl (C=O) groups is 2. The molecule has 39 heavy (non-hydrogen) atoms. The Balaban J connectivity index is 1.57. The SMILES string of the molecule is CCOC(=O)[C@H]1C(=O)N(CCc2ccccc2)c2nc3ccccc3n2[C@H]1c1ccc(OCCC(C)C)cc1. The minimum absolute atomic E-state index is 0.194. The number of amides is 1. The summed E-state index contributed by atoms with van der Waals surface area (Å²) in [6.45, 7) is 7.32. The quantitative estimate of drug-likeness (QED) is 0.193. The molecule has 0 unspecified atom stereocenters. The number of rotatable bonds is 10. The van der Waals surface area contributed by atoms with E-state index in [1.165, 1.54) is 0 Å². The van der Waals surface area contributed by atoms with Crippen LogP contribution in [0.1, 0.15) is 44.4 Å². The molecule has 0 aliphatic carbocycles. The molecule has 0 saturated heterocycles. The van der Waals surface area contributed by atoms with Gasteiger partial charge in [-0.3, -0.25) is 14.5 Å². The standard InChI is InChI=1S/C32H35N3O4/c1-4-38-31(37)28-29(24-14-16-25(17-15-24)39-21-19-22(2)3)35-27-13-9-8-12-26(27)33-32(35)34(30(28)36)20-18-23-10-6-5-7-11-23/h5-17,22,28-29H,4,18-21H2,1-3H3/t28-,29+/m1/s1. The van der Waals surface area contributed by atoms with Crippen LogP contribution in [0.2, 0.25) is 0 Å². The van der Waals surface area contributed by atoms with Crippen LogP contribution in [-0.2, 0) is 20.7 Å². The first kappa shape index (κ1) is 26.5. The van der Waals surface area contributed by atoms with Gasteiger partial charge in [0.2, 0.25) is 11.9 Å². The molecule has 202 valence electrons. The first-order valence-corrected chi connectivity index (χ1v) is 13.7. The van der Waals surface area contributed by atoms with Crippen LogP contribution in [-0.4, -0.2) is 41.2 Å². The predicted octanol–water partition coefficient (Wildman–Crippen LogP) is 5.82. The fraction of sp³-hybridized carbons (Fsp3) is 0.344. The third-order valence-corrected chi connectivity index (χ3v) is 7.14. The van der Waals surface area contributed by atoms with Crippen LogP contribution < -0.4 is 9.64 Å². The molecule has 1 amide bonds. The highest BCUT2D eigenvalue weighted by atomic mass is 16.5. The Morgan fingerprint density at radius 2 is 1.69 bits per heavy atom. The first-order chi connectivity index (χ1) is 19.0. The number of carbonyl (C=O) groups excluding carboxylic acids is 2. The maximum atomic E-state index is 14.1. The second kappa shape index (κ2) is 11.7. The third kappa shape index (κ3) is 5.53. The lowest BCUT2D eigenvalue weighted by Crippen LogP contribution is -2.50. The van der Waals surface area contributed by atoms with Gasteiger partial charge in [-0.25, -0.2) is 4.98 Å². The number of esters is 1. The molecule has 7 heteroatoms. The number of hydrogen-bond acceptors (Lipinski definition) is 5. The van der Waals surface area contributed by atoms with Crippen LogP contribution in [0.25, 0.3) is 11.0 Å². The maximum Gasteiger partial charge on any atom is 0.321 e. The highest BCUT2D eigenvalue weighted by molar-refractivity contribution is 6.08. The summed E-state index contributed by atoms with van der Waals surface area (Å²) in [4.78, 5) is 34.1. The molecule has 2 atom stereocenters. The van der Waals surface area contributed by atoms with Crippen molar-refractivity contribution >= 4 is 28.9 Å². The molecule has 1 aliphatic rings. The van der Waals surface area contributed by atoms with E-state index >= 15 is 0 Å². The number of benzene rings is 3. The summed E-state index contributed by atoms with van der Waals surface area (Å²) in [5, 5.41) is 0. The van der Waals surface area contributed by atoms with Gasteiger partial charge in [-0.15, -0.1) is 0 Å². The van der Waals surface area contributed by atoms with Crippen molar-refractivity contribution in [2.24, 2.45) is 11.8 Å². The topological polar surface area (TPSA) is 73.7 Å². The molecule has 1 aromatic heterocycles. The minimum atomic E-state index is -1.04. The highest BCUT2D eigenvalue weighted by Gasteiger charge is 2.47. The van der Waals surface area contributed by atoms with Crippen LogP contribution in [0.15, 0.2) is 78.9 Å². The summed E-state index contributed by atoms with van der Waals surface area (Å²) in [5.74, 6) is -0.0131. The maximum absolute atomic E-state index is 14.1. The Kier molecular flexibility index (Phi) is 7.96. The number of para-hydroxylation sites is 2. The molecule has 0 N–H and O–H groups in total. The Morgan fingerprint density at radius 3 is 2.41 bits per heavy atom. The van der Waals surface area contributed by atoms with E-state index in [9.17, 15) is 9.59 Å². The van der Waals surface area contributed by atoms with Gasteiger partial charge >= 0.3 is 5.97 Å². The van der Waals surface area contributed by atoms with E-state index in [1.54, 1.807) is 11.8 Å². The molecule has 7 nitrogen and oxygen atoms in total. The summed E-state index contributed by atoms with van der Waals surface area (Å²) >= 11 is 0. The minimum Gasteiger partial charge on any atom is -0.494 e. The molecule has 1 aliphatic heterocycles. The average molecular weight is 526 g/mol. The fourth-order valence-electron chi connectivity index (χ4n) is 5.12. The smallest absolute Gasteiger partial charge is 0.321 e. The molecule has 0 fully saturated rings. The molecule has 0 spiro atoms. The lowest BCUT2D eigenvalue weighted by Gasteiger charge is -2.38. The lowest BCUT2D eigenvalue weighted by molar-refractivity contribution is -0.153. The van der Waals surface area contributed by atoms with Gasteiger partial charge in [-0.1, -0.05) is 68.4 Å². The van der Waals surface area contributed by atoms with Crippen molar-refractivity contribution in [3.63, 3.8) is 0 Å². The normalized spacial score (nSPS) is 16.9. The lowest BCUT2D eigenvalue weighted by atomic mass is 9.89. The van der Waals surface area contributed by atoms with Gasteiger partial charge in [0.15, 0.2) is 5.92 Å². The Bertz CT molecular complexity index is 1430. The Labute approximate surface area is 229 Å². The third-order valence-electron chi connectivity index (χ3n) is 7.14. The second-order valence-corrected chi connectivity index (χ2v) is 10.3. The fourth-order valence-corrected chi connectivity index (χ4v) is 5.12. The van der Waals surface area contributed by atoms with Gasteiger partial charge in [0.25, 0.3) is 0 Å². The van der Waals surface area contributed by atoms with Crippen molar-refractivity contribution in [3.8, 4) is 5.75 Å². The van der Waals surface area contributed by atoms with Gasteiger partial charge in [-0.05, 0) is 61.1 Å². The molecule has 0 saturated carbocycles. The molecule has 0 radical (unpaired) electrons. The highest BCUT2D eigenvalue weighted by Crippen LogP contribution is 2.41. The molecule has 3 aromatic carbocycles. The number of imidazole rings is 1. The average Bonchev–Trinajstić information content (AvgIpc) is 3.32. The van der Waals surface area contributed by atoms with Crippen molar-refractivity contribution in [1.29, 1.82) is 0 Å². The number of aromatic nitrogens is 2. The van der Waals surface area contributed by atoms with Crippen molar-refractivity contribution < 1.29 is 19.1 Å². The van der Waals surface area contributed by atoms with Crippen LogP contribution in [0.5, 0.6) is 5.75 Å². The number of hydrogen-bond donors (Lipinski definition) is 0.